The highest BCUT2D eigenvalue weighted by atomic mass is 32.2. The SMILES string of the molecule is Cc1cc(C)c(S(=O)(=O)NCc2csc3nccn23)c(C)c1. The Bertz CT molecular complexity index is 916. The Morgan fingerprint density at radius 1 is 1.23 bits per heavy atom. The lowest BCUT2D eigenvalue weighted by molar-refractivity contribution is 0.579. The fraction of sp³-hybridized carbons (Fsp3) is 0.267. The van der Waals surface area contributed by atoms with Gasteiger partial charge in [-0.05, 0) is 31.9 Å². The molecule has 0 amide bonds. The van der Waals surface area contributed by atoms with Gasteiger partial charge in [-0.15, -0.1) is 11.3 Å². The molecule has 0 radical (unpaired) electrons. The molecular weight excluding hydrogens is 318 g/mol. The Hall–Kier alpha value is -1.70. The van der Waals surface area contributed by atoms with Crippen LogP contribution in [-0.4, -0.2) is 17.8 Å². The number of sulfonamides is 1. The number of aryl methyl sites for hydroxylation is 3. The summed E-state index contributed by atoms with van der Waals surface area (Å²) in [6, 6.07) is 3.78. The van der Waals surface area contributed by atoms with Crippen molar-refractivity contribution in [1.29, 1.82) is 0 Å². The minimum Gasteiger partial charge on any atom is -0.293 e. The molecule has 22 heavy (non-hydrogen) atoms. The summed E-state index contributed by atoms with van der Waals surface area (Å²) >= 11 is 1.49. The van der Waals surface area contributed by atoms with E-state index in [0.29, 0.717) is 4.90 Å². The summed E-state index contributed by atoms with van der Waals surface area (Å²) in [7, 11) is -3.55. The molecular formula is C15H17N3O2S2. The van der Waals surface area contributed by atoms with Crippen molar-refractivity contribution in [2.24, 2.45) is 0 Å². The number of thiazole rings is 1. The third-order valence-electron chi connectivity index (χ3n) is 3.53. The van der Waals surface area contributed by atoms with Crippen molar-refractivity contribution in [3.8, 4) is 0 Å². The first-order valence-electron chi connectivity index (χ1n) is 6.85. The summed E-state index contributed by atoms with van der Waals surface area (Å²) in [5.41, 5.74) is 3.47. The van der Waals surface area contributed by atoms with Gasteiger partial charge in [-0.2, -0.15) is 0 Å². The van der Waals surface area contributed by atoms with Gasteiger partial charge in [0.25, 0.3) is 0 Å². The van der Waals surface area contributed by atoms with Crippen molar-refractivity contribution in [3.05, 3.63) is 52.3 Å². The molecule has 5 nitrogen and oxygen atoms in total. The molecule has 116 valence electrons. The van der Waals surface area contributed by atoms with E-state index in [0.717, 1.165) is 27.3 Å². The Morgan fingerprint density at radius 2 is 1.91 bits per heavy atom. The monoisotopic (exact) mass is 335 g/mol. The number of nitrogens with one attached hydrogen (secondary N) is 1. The first-order chi connectivity index (χ1) is 10.4. The van der Waals surface area contributed by atoms with Crippen LogP contribution in [0.1, 0.15) is 22.4 Å². The average Bonchev–Trinajstić information content (AvgIpc) is 2.97. The molecule has 0 saturated carbocycles. The van der Waals surface area contributed by atoms with E-state index in [1.807, 2.05) is 48.9 Å². The zero-order valence-electron chi connectivity index (χ0n) is 12.6. The van der Waals surface area contributed by atoms with Crippen molar-refractivity contribution in [2.45, 2.75) is 32.2 Å². The second kappa shape index (κ2) is 5.49. The first-order valence-corrected chi connectivity index (χ1v) is 9.22. The molecule has 0 aliphatic heterocycles. The quantitative estimate of drug-likeness (QED) is 0.797. The summed E-state index contributed by atoms with van der Waals surface area (Å²) in [5.74, 6) is 0. The predicted octanol–water partition coefficient (Wildman–Crippen LogP) is 2.80. The van der Waals surface area contributed by atoms with Crippen LogP contribution < -0.4 is 4.72 Å². The number of nitrogens with zero attached hydrogens (tertiary/aromatic N) is 2. The van der Waals surface area contributed by atoms with Gasteiger partial charge in [0.05, 0.1) is 11.4 Å². The van der Waals surface area contributed by atoms with E-state index in [9.17, 15) is 8.42 Å². The summed E-state index contributed by atoms with van der Waals surface area (Å²) < 4.78 is 29.8. The highest BCUT2D eigenvalue weighted by Crippen LogP contribution is 2.22. The first kappa shape index (κ1) is 15.2. The van der Waals surface area contributed by atoms with Crippen molar-refractivity contribution >= 4 is 26.3 Å². The Morgan fingerprint density at radius 3 is 2.59 bits per heavy atom. The van der Waals surface area contributed by atoms with E-state index in [1.54, 1.807) is 6.20 Å². The standard InChI is InChI=1S/C15H17N3O2S2/c1-10-6-11(2)14(12(3)7-10)22(19,20)17-8-13-9-21-15-16-4-5-18(13)15/h4-7,9,17H,8H2,1-3H3. The van der Waals surface area contributed by atoms with E-state index >= 15 is 0 Å². The lowest BCUT2D eigenvalue weighted by atomic mass is 10.1. The summed E-state index contributed by atoms with van der Waals surface area (Å²) in [5, 5.41) is 1.92. The summed E-state index contributed by atoms with van der Waals surface area (Å²) in [4.78, 5) is 5.41. The molecule has 1 aromatic carbocycles. The number of aromatic nitrogens is 2. The van der Waals surface area contributed by atoms with Crippen LogP contribution in [0.25, 0.3) is 4.96 Å². The van der Waals surface area contributed by atoms with Crippen LogP contribution in [0.4, 0.5) is 0 Å². The van der Waals surface area contributed by atoms with Gasteiger partial charge in [-0.1, -0.05) is 17.7 Å². The smallest absolute Gasteiger partial charge is 0.241 e. The van der Waals surface area contributed by atoms with Crippen molar-refractivity contribution in [1.82, 2.24) is 14.1 Å². The fourth-order valence-corrected chi connectivity index (χ4v) is 5.03. The molecule has 0 aliphatic carbocycles. The summed E-state index contributed by atoms with van der Waals surface area (Å²) in [6.07, 6.45) is 3.54. The maximum absolute atomic E-state index is 12.6. The number of benzene rings is 1. The number of hydrogen-bond acceptors (Lipinski definition) is 4. The van der Waals surface area contributed by atoms with Crippen molar-refractivity contribution in [2.75, 3.05) is 0 Å². The van der Waals surface area contributed by atoms with Crippen molar-refractivity contribution < 1.29 is 8.42 Å². The zero-order valence-corrected chi connectivity index (χ0v) is 14.3. The second-order valence-corrected chi connectivity index (χ2v) is 7.90. The lowest BCUT2D eigenvalue weighted by Gasteiger charge is -2.13. The molecule has 0 saturated heterocycles. The predicted molar refractivity (Wildman–Crippen MR) is 87.7 cm³/mol. The molecule has 7 heteroatoms. The van der Waals surface area contributed by atoms with E-state index in [-0.39, 0.29) is 6.54 Å². The minimum absolute atomic E-state index is 0.242. The highest BCUT2D eigenvalue weighted by molar-refractivity contribution is 7.89. The van der Waals surface area contributed by atoms with Gasteiger partial charge < -0.3 is 0 Å². The lowest BCUT2D eigenvalue weighted by Crippen LogP contribution is -2.25. The molecule has 1 N–H and O–H groups in total. The Kier molecular flexibility index (Phi) is 3.80. The minimum atomic E-state index is -3.55. The molecule has 0 aliphatic rings. The highest BCUT2D eigenvalue weighted by Gasteiger charge is 2.20. The van der Waals surface area contributed by atoms with Gasteiger partial charge in [0.1, 0.15) is 0 Å². The fourth-order valence-electron chi connectivity index (χ4n) is 2.73. The van der Waals surface area contributed by atoms with Crippen LogP contribution in [0.5, 0.6) is 0 Å². The topological polar surface area (TPSA) is 63.5 Å². The van der Waals surface area contributed by atoms with Gasteiger partial charge >= 0.3 is 0 Å². The molecule has 2 aromatic heterocycles. The van der Waals surface area contributed by atoms with Gasteiger partial charge in [-0.3, -0.25) is 4.40 Å². The molecule has 3 rings (SSSR count). The van der Waals surface area contributed by atoms with Crippen LogP contribution in [-0.2, 0) is 16.6 Å². The Labute approximate surface area is 133 Å². The van der Waals surface area contributed by atoms with Crippen LogP contribution in [0.3, 0.4) is 0 Å². The summed E-state index contributed by atoms with van der Waals surface area (Å²) in [6.45, 7) is 5.86. The van der Waals surface area contributed by atoms with E-state index in [1.165, 1.54) is 11.3 Å². The zero-order chi connectivity index (χ0) is 15.9. The third-order valence-corrected chi connectivity index (χ3v) is 6.14. The van der Waals surface area contributed by atoms with Crippen LogP contribution in [0.2, 0.25) is 0 Å². The molecule has 3 aromatic rings. The van der Waals surface area contributed by atoms with Gasteiger partial charge in [-0.25, -0.2) is 18.1 Å². The largest absolute Gasteiger partial charge is 0.293 e. The maximum atomic E-state index is 12.6. The molecule has 0 bridgehead atoms. The maximum Gasteiger partial charge on any atom is 0.241 e. The van der Waals surface area contributed by atoms with Crippen LogP contribution in [0, 0.1) is 20.8 Å². The van der Waals surface area contributed by atoms with Crippen molar-refractivity contribution in [3.63, 3.8) is 0 Å². The third kappa shape index (κ3) is 2.67. The molecule has 0 spiro atoms. The van der Waals surface area contributed by atoms with Gasteiger partial charge in [0.15, 0.2) is 4.96 Å². The van der Waals surface area contributed by atoms with Gasteiger partial charge in [0.2, 0.25) is 10.0 Å². The number of imidazole rings is 1. The van der Waals surface area contributed by atoms with E-state index in [2.05, 4.69) is 9.71 Å². The molecule has 0 atom stereocenters. The normalized spacial score (nSPS) is 12.1. The van der Waals surface area contributed by atoms with E-state index in [4.69, 9.17) is 0 Å². The van der Waals surface area contributed by atoms with Crippen LogP contribution >= 0.6 is 11.3 Å². The Balaban J connectivity index is 1.90. The van der Waals surface area contributed by atoms with E-state index < -0.39 is 10.0 Å². The van der Waals surface area contributed by atoms with Crippen LogP contribution in [0.15, 0.2) is 34.8 Å². The number of rotatable bonds is 4. The average molecular weight is 335 g/mol. The number of fused-ring (bicyclic) bond motifs is 1. The molecule has 0 unspecified atom stereocenters. The van der Waals surface area contributed by atoms with Gasteiger partial charge in [0, 0.05) is 23.5 Å². The second-order valence-electron chi connectivity index (χ2n) is 5.36. The molecule has 0 fully saturated rings. The number of hydrogen-bond donors (Lipinski definition) is 1. The molecule has 2 heterocycles.